The van der Waals surface area contributed by atoms with Gasteiger partial charge in [-0.05, 0) is 18.2 Å². The Morgan fingerprint density at radius 1 is 1.42 bits per heavy atom. The minimum atomic E-state index is -3.66. The molecule has 3 N–H and O–H groups in total. The number of benzene rings is 1. The summed E-state index contributed by atoms with van der Waals surface area (Å²) in [4.78, 5) is 3.83. The van der Waals surface area contributed by atoms with Gasteiger partial charge in [-0.1, -0.05) is 21.1 Å². The first-order chi connectivity index (χ1) is 8.99. The van der Waals surface area contributed by atoms with E-state index in [4.69, 9.17) is 10.3 Å². The smallest absolute Gasteiger partial charge is 0.242 e. The van der Waals surface area contributed by atoms with Gasteiger partial charge in [-0.2, -0.15) is 4.98 Å². The summed E-state index contributed by atoms with van der Waals surface area (Å²) in [5.74, 6) is 0.366. The van der Waals surface area contributed by atoms with Gasteiger partial charge in [0.1, 0.15) is 4.90 Å². The Morgan fingerprint density at radius 2 is 2.21 bits per heavy atom. The standard InChI is InChI=1S/C10H11BrN4O3S/c11-7-1-2-8(12)9(5-7)19(16,17)15-4-3-10-13-6-14-18-10/h1-2,5-6,15H,3-4,12H2. The SMILES string of the molecule is Nc1ccc(Br)cc1S(=O)(=O)NCCc1ncno1. The van der Waals surface area contributed by atoms with E-state index in [-0.39, 0.29) is 17.1 Å². The summed E-state index contributed by atoms with van der Waals surface area (Å²) in [5, 5.41) is 3.43. The van der Waals surface area contributed by atoms with Crippen molar-refractivity contribution in [1.82, 2.24) is 14.9 Å². The van der Waals surface area contributed by atoms with Crippen molar-refractivity contribution in [2.75, 3.05) is 12.3 Å². The monoisotopic (exact) mass is 346 g/mol. The summed E-state index contributed by atoms with van der Waals surface area (Å²) in [7, 11) is -3.66. The summed E-state index contributed by atoms with van der Waals surface area (Å²) < 4.78 is 31.9. The van der Waals surface area contributed by atoms with Gasteiger partial charge in [-0.3, -0.25) is 0 Å². The van der Waals surface area contributed by atoms with Crippen molar-refractivity contribution in [3.63, 3.8) is 0 Å². The Labute approximate surface area is 118 Å². The molecule has 0 bridgehead atoms. The maximum Gasteiger partial charge on any atom is 0.242 e. The summed E-state index contributed by atoms with van der Waals surface area (Å²) in [6.45, 7) is 0.149. The van der Waals surface area contributed by atoms with Crippen molar-refractivity contribution < 1.29 is 12.9 Å². The molecule has 0 spiro atoms. The zero-order valence-corrected chi connectivity index (χ0v) is 12.1. The number of sulfonamides is 1. The predicted octanol–water partition coefficient (Wildman–Crippen LogP) is 0.935. The Kier molecular flexibility index (Phi) is 4.17. The molecule has 0 aliphatic carbocycles. The third-order valence-corrected chi connectivity index (χ3v) is 4.31. The first-order valence-electron chi connectivity index (χ1n) is 5.29. The number of nitrogens with zero attached hydrogens (tertiary/aromatic N) is 2. The van der Waals surface area contributed by atoms with Gasteiger partial charge in [-0.15, -0.1) is 0 Å². The minimum Gasteiger partial charge on any atom is -0.398 e. The van der Waals surface area contributed by atoms with Crippen LogP contribution in [0.4, 0.5) is 5.69 Å². The molecular formula is C10H11BrN4O3S. The highest BCUT2D eigenvalue weighted by Gasteiger charge is 2.17. The van der Waals surface area contributed by atoms with E-state index in [1.807, 2.05) is 0 Å². The molecular weight excluding hydrogens is 336 g/mol. The van der Waals surface area contributed by atoms with Crippen LogP contribution >= 0.6 is 15.9 Å². The zero-order valence-electron chi connectivity index (χ0n) is 9.71. The summed E-state index contributed by atoms with van der Waals surface area (Å²) in [6.07, 6.45) is 1.57. The van der Waals surface area contributed by atoms with Crippen LogP contribution in [0.5, 0.6) is 0 Å². The Bertz CT molecular complexity index is 657. The highest BCUT2D eigenvalue weighted by molar-refractivity contribution is 9.10. The molecule has 2 aromatic rings. The molecule has 0 amide bonds. The van der Waals surface area contributed by atoms with E-state index in [0.717, 1.165) is 0 Å². The number of anilines is 1. The van der Waals surface area contributed by atoms with Crippen LogP contribution in [-0.4, -0.2) is 25.1 Å². The Morgan fingerprint density at radius 3 is 2.89 bits per heavy atom. The second-order valence-corrected chi connectivity index (χ2v) is 6.32. The van der Waals surface area contributed by atoms with Gasteiger partial charge >= 0.3 is 0 Å². The second-order valence-electron chi connectivity index (χ2n) is 3.66. The van der Waals surface area contributed by atoms with Crippen LogP contribution < -0.4 is 10.5 Å². The molecule has 0 saturated heterocycles. The van der Waals surface area contributed by atoms with Gasteiger partial charge < -0.3 is 10.3 Å². The number of hydrogen-bond donors (Lipinski definition) is 2. The molecule has 102 valence electrons. The lowest BCUT2D eigenvalue weighted by Crippen LogP contribution is -2.26. The van der Waals surface area contributed by atoms with Crippen LogP contribution in [0, 0.1) is 0 Å². The molecule has 0 radical (unpaired) electrons. The topological polar surface area (TPSA) is 111 Å². The molecule has 0 unspecified atom stereocenters. The van der Waals surface area contributed by atoms with E-state index in [1.54, 1.807) is 6.07 Å². The van der Waals surface area contributed by atoms with E-state index in [2.05, 4.69) is 30.8 Å². The molecule has 1 aromatic carbocycles. The molecule has 19 heavy (non-hydrogen) atoms. The van der Waals surface area contributed by atoms with Crippen LogP contribution in [0.25, 0.3) is 0 Å². The number of rotatable bonds is 5. The molecule has 0 atom stereocenters. The zero-order chi connectivity index (χ0) is 13.9. The normalized spacial score (nSPS) is 11.6. The highest BCUT2D eigenvalue weighted by Crippen LogP contribution is 2.22. The molecule has 1 heterocycles. The number of nitrogens with one attached hydrogen (secondary N) is 1. The summed E-state index contributed by atoms with van der Waals surface area (Å²) in [6, 6.07) is 4.65. The fraction of sp³-hybridized carbons (Fsp3) is 0.200. The van der Waals surface area contributed by atoms with Gasteiger partial charge in [0.05, 0.1) is 5.69 Å². The average molecular weight is 347 g/mol. The maximum absolute atomic E-state index is 12.1. The van der Waals surface area contributed by atoms with Crippen molar-refractivity contribution in [3.8, 4) is 0 Å². The number of nitrogen functional groups attached to an aromatic ring is 1. The maximum atomic E-state index is 12.1. The largest absolute Gasteiger partial charge is 0.398 e. The second kappa shape index (κ2) is 5.68. The van der Waals surface area contributed by atoms with Crippen molar-refractivity contribution in [2.24, 2.45) is 0 Å². The quantitative estimate of drug-likeness (QED) is 0.779. The molecule has 1 aromatic heterocycles. The fourth-order valence-electron chi connectivity index (χ4n) is 1.42. The van der Waals surface area contributed by atoms with Crippen LogP contribution in [-0.2, 0) is 16.4 Å². The summed E-state index contributed by atoms with van der Waals surface area (Å²) in [5.41, 5.74) is 5.85. The lowest BCUT2D eigenvalue weighted by molar-refractivity contribution is 0.377. The van der Waals surface area contributed by atoms with Crippen LogP contribution in [0.1, 0.15) is 5.89 Å². The van der Waals surface area contributed by atoms with E-state index >= 15 is 0 Å². The Balaban J connectivity index is 2.07. The van der Waals surface area contributed by atoms with Gasteiger partial charge in [0, 0.05) is 17.4 Å². The first kappa shape index (κ1) is 14.0. The predicted molar refractivity (Wildman–Crippen MR) is 71.7 cm³/mol. The van der Waals surface area contributed by atoms with Crippen molar-refractivity contribution in [2.45, 2.75) is 11.3 Å². The fourth-order valence-corrected chi connectivity index (χ4v) is 3.12. The molecule has 2 rings (SSSR count). The molecule has 0 aliphatic heterocycles. The van der Waals surface area contributed by atoms with Crippen molar-refractivity contribution in [1.29, 1.82) is 0 Å². The lowest BCUT2D eigenvalue weighted by atomic mass is 10.3. The molecule has 7 nitrogen and oxygen atoms in total. The molecule has 9 heteroatoms. The Hall–Kier alpha value is -1.45. The third-order valence-electron chi connectivity index (χ3n) is 2.30. The molecule has 0 fully saturated rings. The number of nitrogens with two attached hydrogens (primary N) is 1. The van der Waals surface area contributed by atoms with Crippen molar-refractivity contribution in [3.05, 3.63) is 34.9 Å². The lowest BCUT2D eigenvalue weighted by Gasteiger charge is -2.08. The van der Waals surface area contributed by atoms with E-state index in [0.29, 0.717) is 16.8 Å². The average Bonchev–Trinajstić information content (AvgIpc) is 2.85. The third kappa shape index (κ3) is 3.52. The number of aromatic nitrogens is 2. The van der Waals surface area contributed by atoms with Gasteiger partial charge in [0.15, 0.2) is 6.33 Å². The minimum absolute atomic E-state index is 0.0346. The van der Waals surface area contributed by atoms with Crippen LogP contribution in [0.15, 0.2) is 38.4 Å². The van der Waals surface area contributed by atoms with Crippen molar-refractivity contribution >= 4 is 31.6 Å². The number of halogens is 1. The van der Waals surface area contributed by atoms with Crippen LogP contribution in [0.3, 0.4) is 0 Å². The highest BCUT2D eigenvalue weighted by atomic mass is 79.9. The molecule has 0 aliphatic rings. The van der Waals surface area contributed by atoms with Gasteiger partial charge in [0.25, 0.3) is 0 Å². The van der Waals surface area contributed by atoms with E-state index < -0.39 is 10.0 Å². The van der Waals surface area contributed by atoms with E-state index in [1.165, 1.54) is 18.5 Å². The van der Waals surface area contributed by atoms with Gasteiger partial charge in [0.2, 0.25) is 15.9 Å². The number of hydrogen-bond acceptors (Lipinski definition) is 6. The molecule has 0 saturated carbocycles. The first-order valence-corrected chi connectivity index (χ1v) is 7.57. The van der Waals surface area contributed by atoms with Crippen LogP contribution in [0.2, 0.25) is 0 Å². The van der Waals surface area contributed by atoms with Gasteiger partial charge in [-0.25, -0.2) is 13.1 Å². The van der Waals surface area contributed by atoms with E-state index in [9.17, 15) is 8.42 Å². The summed E-state index contributed by atoms with van der Waals surface area (Å²) >= 11 is 3.21.